The Labute approximate surface area is 167 Å². The van der Waals surface area contributed by atoms with E-state index in [9.17, 15) is 9.90 Å². The lowest BCUT2D eigenvalue weighted by molar-refractivity contribution is 0.0893. The molecule has 2 aliphatic rings. The number of nitrogens with zero attached hydrogens (tertiary/aromatic N) is 3. The Hall–Kier alpha value is -2.11. The minimum atomic E-state index is -0.301. The van der Waals surface area contributed by atoms with Crippen molar-refractivity contribution in [3.63, 3.8) is 0 Å². The summed E-state index contributed by atoms with van der Waals surface area (Å²) in [7, 11) is 0. The number of aromatic hydroxyl groups is 1. The summed E-state index contributed by atoms with van der Waals surface area (Å²) in [6.45, 7) is 5.71. The topological polar surface area (TPSA) is 48.7 Å². The second-order valence-electron chi connectivity index (χ2n) is 8.21. The molecule has 0 bridgehead atoms. The van der Waals surface area contributed by atoms with Gasteiger partial charge >= 0.3 is 0 Å². The third-order valence-corrected chi connectivity index (χ3v) is 6.28. The van der Waals surface area contributed by atoms with Gasteiger partial charge in [-0.25, -0.2) is 0 Å². The van der Waals surface area contributed by atoms with Gasteiger partial charge in [-0.1, -0.05) is 36.8 Å². The van der Waals surface area contributed by atoms with Gasteiger partial charge in [-0.05, 0) is 63.5 Å². The molecule has 2 aliphatic heterocycles. The van der Waals surface area contributed by atoms with Gasteiger partial charge < -0.3 is 14.6 Å². The first-order valence-electron chi connectivity index (χ1n) is 10.6. The van der Waals surface area contributed by atoms with Gasteiger partial charge in [-0.3, -0.25) is 9.69 Å². The van der Waals surface area contributed by atoms with Crippen LogP contribution in [0.4, 0.5) is 0 Å². The fraction of sp³-hybridized carbons (Fsp3) is 0.522. The van der Waals surface area contributed by atoms with Crippen LogP contribution in [0.3, 0.4) is 0 Å². The van der Waals surface area contributed by atoms with E-state index in [1.54, 1.807) is 4.57 Å². The fourth-order valence-electron chi connectivity index (χ4n) is 4.60. The summed E-state index contributed by atoms with van der Waals surface area (Å²) < 4.78 is 1.58. The summed E-state index contributed by atoms with van der Waals surface area (Å²) in [5.74, 6) is -0.100. The van der Waals surface area contributed by atoms with E-state index in [1.165, 1.54) is 45.2 Å². The second kappa shape index (κ2) is 8.93. The van der Waals surface area contributed by atoms with E-state index in [2.05, 4.69) is 9.80 Å². The number of benzene rings is 1. The number of rotatable bonds is 5. The van der Waals surface area contributed by atoms with Gasteiger partial charge in [0.2, 0.25) is 0 Å². The van der Waals surface area contributed by atoms with E-state index in [4.69, 9.17) is 0 Å². The van der Waals surface area contributed by atoms with E-state index in [0.29, 0.717) is 19.1 Å². The van der Waals surface area contributed by atoms with Crippen molar-refractivity contribution in [2.75, 3.05) is 26.2 Å². The van der Waals surface area contributed by atoms with E-state index in [0.717, 1.165) is 24.2 Å². The van der Waals surface area contributed by atoms with Crippen LogP contribution >= 0.6 is 0 Å². The maximum absolute atomic E-state index is 12.6. The van der Waals surface area contributed by atoms with Crippen molar-refractivity contribution in [3.8, 4) is 5.75 Å². The second-order valence-corrected chi connectivity index (χ2v) is 8.21. The number of likely N-dealkylation sites (tertiary alicyclic amines) is 2. The SMILES string of the molecule is O=c1c(O)c(CN2CCC(N3CCCCC3)CC2)ccn1Cc1ccccc1. The molecule has 2 saturated heterocycles. The van der Waals surface area contributed by atoms with Crippen LogP contribution in [0.2, 0.25) is 0 Å². The van der Waals surface area contributed by atoms with Crippen LogP contribution in [0, 0.1) is 0 Å². The van der Waals surface area contributed by atoms with E-state index in [1.807, 2.05) is 42.6 Å². The Morgan fingerprint density at radius 1 is 0.893 bits per heavy atom. The molecule has 0 atom stereocenters. The Bertz CT molecular complexity index is 819. The number of piperidine rings is 2. The molecule has 1 aromatic heterocycles. The highest BCUT2D eigenvalue weighted by Gasteiger charge is 2.26. The predicted octanol–water partition coefficient (Wildman–Crippen LogP) is 3.05. The van der Waals surface area contributed by atoms with Crippen molar-refractivity contribution in [2.24, 2.45) is 0 Å². The number of pyridine rings is 1. The first kappa shape index (κ1) is 19.2. The molecule has 0 amide bonds. The predicted molar refractivity (Wildman–Crippen MR) is 112 cm³/mol. The van der Waals surface area contributed by atoms with Crippen LogP contribution in [0.15, 0.2) is 47.4 Å². The first-order valence-corrected chi connectivity index (χ1v) is 10.6. The molecule has 0 aliphatic carbocycles. The van der Waals surface area contributed by atoms with Crippen LogP contribution < -0.4 is 5.56 Å². The minimum absolute atomic E-state index is 0.100. The summed E-state index contributed by atoms with van der Waals surface area (Å²) in [6, 6.07) is 12.5. The molecule has 28 heavy (non-hydrogen) atoms. The monoisotopic (exact) mass is 381 g/mol. The van der Waals surface area contributed by atoms with Crippen molar-refractivity contribution in [2.45, 2.75) is 51.2 Å². The normalized spacial score (nSPS) is 19.7. The molecule has 1 N–H and O–H groups in total. The molecule has 0 radical (unpaired) electrons. The van der Waals surface area contributed by atoms with Gasteiger partial charge in [0.1, 0.15) is 0 Å². The van der Waals surface area contributed by atoms with Crippen molar-refractivity contribution >= 4 is 0 Å². The first-order chi connectivity index (χ1) is 13.7. The quantitative estimate of drug-likeness (QED) is 0.865. The summed E-state index contributed by atoms with van der Waals surface area (Å²) in [6.07, 6.45) is 8.24. The number of aromatic nitrogens is 1. The molecule has 2 aromatic rings. The zero-order chi connectivity index (χ0) is 19.3. The molecule has 5 nitrogen and oxygen atoms in total. The molecule has 0 unspecified atom stereocenters. The number of hydrogen-bond donors (Lipinski definition) is 1. The Morgan fingerprint density at radius 3 is 2.32 bits per heavy atom. The molecule has 5 heteroatoms. The van der Waals surface area contributed by atoms with Crippen molar-refractivity contribution in [1.82, 2.24) is 14.4 Å². The van der Waals surface area contributed by atoms with Gasteiger partial charge in [-0.2, -0.15) is 0 Å². The average molecular weight is 382 g/mol. The zero-order valence-electron chi connectivity index (χ0n) is 16.6. The maximum atomic E-state index is 12.6. The third-order valence-electron chi connectivity index (χ3n) is 6.28. The van der Waals surface area contributed by atoms with Crippen LogP contribution in [-0.2, 0) is 13.1 Å². The van der Waals surface area contributed by atoms with Crippen LogP contribution in [0.5, 0.6) is 5.75 Å². The highest BCUT2D eigenvalue weighted by atomic mass is 16.3. The van der Waals surface area contributed by atoms with Crippen LogP contribution in [-0.4, -0.2) is 51.7 Å². The van der Waals surface area contributed by atoms with E-state index in [-0.39, 0.29) is 11.3 Å². The Balaban J connectivity index is 1.36. The highest BCUT2D eigenvalue weighted by molar-refractivity contribution is 5.29. The Morgan fingerprint density at radius 2 is 1.61 bits per heavy atom. The van der Waals surface area contributed by atoms with Gasteiger partial charge in [0.05, 0.1) is 6.54 Å². The molecule has 0 saturated carbocycles. The molecule has 2 fully saturated rings. The summed E-state index contributed by atoms with van der Waals surface area (Å²) in [4.78, 5) is 17.6. The van der Waals surface area contributed by atoms with Crippen LogP contribution in [0.1, 0.15) is 43.2 Å². The van der Waals surface area contributed by atoms with Crippen LogP contribution in [0.25, 0.3) is 0 Å². The van der Waals surface area contributed by atoms with E-state index >= 15 is 0 Å². The third kappa shape index (κ3) is 4.47. The lowest BCUT2D eigenvalue weighted by Gasteiger charge is -2.40. The van der Waals surface area contributed by atoms with Gasteiger partial charge in [0, 0.05) is 24.3 Å². The molecule has 0 spiro atoms. The van der Waals surface area contributed by atoms with Crippen molar-refractivity contribution in [1.29, 1.82) is 0 Å². The van der Waals surface area contributed by atoms with Crippen molar-refractivity contribution < 1.29 is 5.11 Å². The molecular formula is C23H31N3O2. The summed E-state index contributed by atoms with van der Waals surface area (Å²) in [5, 5.41) is 10.5. The average Bonchev–Trinajstić information content (AvgIpc) is 2.75. The molecule has 4 rings (SSSR count). The Kier molecular flexibility index (Phi) is 6.13. The summed E-state index contributed by atoms with van der Waals surface area (Å²) >= 11 is 0. The molecule has 1 aromatic carbocycles. The smallest absolute Gasteiger partial charge is 0.293 e. The minimum Gasteiger partial charge on any atom is -0.503 e. The lowest BCUT2D eigenvalue weighted by Crippen LogP contribution is -2.46. The number of hydrogen-bond acceptors (Lipinski definition) is 4. The standard InChI is InChI=1S/C23H31N3O2/c27-22-20(9-16-26(23(22)28)17-19-7-3-1-4-8-19)18-24-14-10-21(11-15-24)25-12-5-2-6-13-25/h1,3-4,7-9,16,21,27H,2,5-6,10-15,17-18H2. The molecule has 3 heterocycles. The lowest BCUT2D eigenvalue weighted by atomic mass is 9.99. The molecule has 150 valence electrons. The van der Waals surface area contributed by atoms with E-state index < -0.39 is 0 Å². The van der Waals surface area contributed by atoms with Crippen molar-refractivity contribution in [3.05, 3.63) is 64.1 Å². The fourth-order valence-corrected chi connectivity index (χ4v) is 4.60. The van der Waals surface area contributed by atoms with Gasteiger partial charge in [0.25, 0.3) is 5.56 Å². The van der Waals surface area contributed by atoms with Gasteiger partial charge in [-0.15, -0.1) is 0 Å². The highest BCUT2D eigenvalue weighted by Crippen LogP contribution is 2.23. The molecular weight excluding hydrogens is 350 g/mol. The zero-order valence-corrected chi connectivity index (χ0v) is 16.6. The summed E-state index contributed by atoms with van der Waals surface area (Å²) in [5.41, 5.74) is 1.49. The maximum Gasteiger partial charge on any atom is 0.293 e. The van der Waals surface area contributed by atoms with Gasteiger partial charge in [0.15, 0.2) is 5.75 Å². The largest absolute Gasteiger partial charge is 0.503 e.